The molecule has 0 radical (unpaired) electrons. The van der Waals surface area contributed by atoms with Crippen LogP contribution >= 0.6 is 0 Å². The largest absolute Gasteiger partial charge is 0.444 e. The molecular weight excluding hydrogens is 292 g/mol. The van der Waals surface area contributed by atoms with Crippen LogP contribution in [0.5, 0.6) is 0 Å². The highest BCUT2D eigenvalue weighted by Crippen LogP contribution is 2.25. The lowest BCUT2D eigenvalue weighted by Gasteiger charge is -2.34. The summed E-state index contributed by atoms with van der Waals surface area (Å²) in [4.78, 5) is 14.1. The van der Waals surface area contributed by atoms with E-state index in [0.717, 1.165) is 18.4 Å². The van der Waals surface area contributed by atoms with E-state index in [1.54, 1.807) is 4.90 Å². The van der Waals surface area contributed by atoms with Gasteiger partial charge in [-0.25, -0.2) is 4.79 Å². The lowest BCUT2D eigenvalue weighted by molar-refractivity contribution is -0.145. The van der Waals surface area contributed by atoms with Gasteiger partial charge in [0, 0.05) is 13.1 Å². The van der Waals surface area contributed by atoms with E-state index in [0.29, 0.717) is 13.1 Å². The first-order valence-electron chi connectivity index (χ1n) is 8.27. The van der Waals surface area contributed by atoms with Crippen LogP contribution in [-0.2, 0) is 11.3 Å². The van der Waals surface area contributed by atoms with Gasteiger partial charge in [0.05, 0.1) is 12.1 Å². The molecule has 1 amide bonds. The summed E-state index contributed by atoms with van der Waals surface area (Å²) in [6.07, 6.45) is 1.53. The number of ether oxygens (including phenoxy) is 1. The number of hydrogen-bond acceptors (Lipinski definition) is 4. The summed E-state index contributed by atoms with van der Waals surface area (Å²) in [5.74, 6) is 0. The number of nitrogens with zero attached hydrogens (tertiary/aromatic N) is 2. The van der Waals surface area contributed by atoms with E-state index in [-0.39, 0.29) is 18.2 Å². The number of benzene rings is 1. The summed E-state index contributed by atoms with van der Waals surface area (Å²) >= 11 is 0. The molecule has 1 aromatic carbocycles. The van der Waals surface area contributed by atoms with Crippen molar-refractivity contribution >= 4 is 6.09 Å². The first-order valence-corrected chi connectivity index (χ1v) is 8.27. The van der Waals surface area contributed by atoms with Crippen molar-refractivity contribution in [3.8, 4) is 0 Å². The molecule has 2 rings (SSSR count). The Kier molecular flexibility index (Phi) is 5.65. The molecule has 0 spiro atoms. The molecule has 23 heavy (non-hydrogen) atoms. The van der Waals surface area contributed by atoms with E-state index in [1.165, 1.54) is 5.06 Å². The predicted octanol–water partition coefficient (Wildman–Crippen LogP) is 3.67. The summed E-state index contributed by atoms with van der Waals surface area (Å²) in [7, 11) is 0. The van der Waals surface area contributed by atoms with Crippen molar-refractivity contribution in [2.75, 3.05) is 6.54 Å². The number of amides is 1. The fraction of sp³-hybridized carbons (Fsp3) is 0.611. The van der Waals surface area contributed by atoms with Crippen molar-refractivity contribution < 1.29 is 14.7 Å². The van der Waals surface area contributed by atoms with Crippen molar-refractivity contribution in [3.63, 3.8) is 0 Å². The van der Waals surface area contributed by atoms with Crippen LogP contribution in [0.2, 0.25) is 0 Å². The van der Waals surface area contributed by atoms with E-state index in [4.69, 9.17) is 4.74 Å². The molecule has 0 aliphatic carbocycles. The molecule has 1 fully saturated rings. The number of rotatable bonds is 4. The highest BCUT2D eigenvalue weighted by Gasteiger charge is 2.37. The van der Waals surface area contributed by atoms with Crippen molar-refractivity contribution in [1.29, 1.82) is 0 Å². The maximum absolute atomic E-state index is 12.4. The van der Waals surface area contributed by atoms with Crippen molar-refractivity contribution in [3.05, 3.63) is 35.9 Å². The summed E-state index contributed by atoms with van der Waals surface area (Å²) in [6.45, 7) is 8.69. The minimum absolute atomic E-state index is 0.0291. The monoisotopic (exact) mass is 320 g/mol. The topological polar surface area (TPSA) is 53.0 Å². The number of hydrogen-bond donors (Lipinski definition) is 1. The summed E-state index contributed by atoms with van der Waals surface area (Å²) in [5.41, 5.74) is 0.541. The zero-order valence-electron chi connectivity index (χ0n) is 14.5. The molecule has 0 aromatic heterocycles. The van der Waals surface area contributed by atoms with Gasteiger partial charge in [-0.05, 0) is 46.1 Å². The molecule has 1 N–H and O–H groups in total. The Morgan fingerprint density at radius 2 is 2.04 bits per heavy atom. The molecular formula is C18H28N2O3. The minimum atomic E-state index is -0.504. The molecule has 128 valence electrons. The molecule has 2 atom stereocenters. The summed E-state index contributed by atoms with van der Waals surface area (Å²) < 4.78 is 5.49. The highest BCUT2D eigenvalue weighted by molar-refractivity contribution is 5.69. The summed E-state index contributed by atoms with van der Waals surface area (Å²) in [5, 5.41) is 11.7. The Morgan fingerprint density at radius 1 is 1.39 bits per heavy atom. The Balaban J connectivity index is 1.99. The Labute approximate surface area is 138 Å². The second-order valence-electron chi connectivity index (χ2n) is 7.21. The van der Waals surface area contributed by atoms with Crippen molar-refractivity contribution in [1.82, 2.24) is 9.96 Å². The first-order chi connectivity index (χ1) is 10.8. The SMILES string of the molecule is C[C@H]([C@@H]1CCCN1C(=O)OC(C)(C)C)N(O)Cc1ccccc1. The van der Waals surface area contributed by atoms with Gasteiger partial charge < -0.3 is 14.8 Å². The number of carbonyl (C=O) groups excluding carboxylic acids is 1. The van der Waals surface area contributed by atoms with Gasteiger partial charge in [-0.15, -0.1) is 0 Å². The van der Waals surface area contributed by atoms with Crippen molar-refractivity contribution in [2.45, 2.75) is 64.8 Å². The maximum atomic E-state index is 12.4. The van der Waals surface area contributed by atoms with Crippen LogP contribution in [0.3, 0.4) is 0 Å². The first kappa shape index (κ1) is 17.8. The average molecular weight is 320 g/mol. The van der Waals surface area contributed by atoms with Crippen molar-refractivity contribution in [2.24, 2.45) is 0 Å². The van der Waals surface area contributed by atoms with Gasteiger partial charge in [0.15, 0.2) is 0 Å². The molecule has 1 saturated heterocycles. The minimum Gasteiger partial charge on any atom is -0.444 e. The Morgan fingerprint density at radius 3 is 2.65 bits per heavy atom. The van der Waals surface area contributed by atoms with Crippen LogP contribution in [0.1, 0.15) is 46.1 Å². The van der Waals surface area contributed by atoms with Crippen LogP contribution in [-0.4, -0.2) is 45.5 Å². The van der Waals surface area contributed by atoms with Gasteiger partial charge in [-0.1, -0.05) is 30.3 Å². The van der Waals surface area contributed by atoms with E-state index in [1.807, 2.05) is 58.0 Å². The van der Waals surface area contributed by atoms with Gasteiger partial charge in [-0.2, -0.15) is 5.06 Å². The van der Waals surface area contributed by atoms with Gasteiger partial charge in [0.1, 0.15) is 5.60 Å². The number of carbonyl (C=O) groups is 1. The van der Waals surface area contributed by atoms with Crippen LogP contribution < -0.4 is 0 Å². The second-order valence-corrected chi connectivity index (χ2v) is 7.21. The third kappa shape index (κ3) is 4.94. The smallest absolute Gasteiger partial charge is 0.410 e. The normalized spacial score (nSPS) is 19.9. The van der Waals surface area contributed by atoms with Crippen LogP contribution in [0.4, 0.5) is 4.79 Å². The lowest BCUT2D eigenvalue weighted by Crippen LogP contribution is -2.49. The lowest BCUT2D eigenvalue weighted by atomic mass is 10.1. The maximum Gasteiger partial charge on any atom is 0.410 e. The molecule has 1 aliphatic rings. The predicted molar refractivity (Wildman–Crippen MR) is 89.2 cm³/mol. The van der Waals surface area contributed by atoms with E-state index < -0.39 is 5.60 Å². The number of likely N-dealkylation sites (tertiary alicyclic amines) is 1. The fourth-order valence-corrected chi connectivity index (χ4v) is 2.95. The Bertz CT molecular complexity index is 513. The molecule has 1 aromatic rings. The van der Waals surface area contributed by atoms with Gasteiger partial charge in [0.2, 0.25) is 0 Å². The van der Waals surface area contributed by atoms with Crippen LogP contribution in [0, 0.1) is 0 Å². The second kappa shape index (κ2) is 7.32. The summed E-state index contributed by atoms with van der Waals surface area (Å²) in [6, 6.07) is 9.65. The quantitative estimate of drug-likeness (QED) is 0.860. The third-order valence-corrected chi connectivity index (χ3v) is 4.14. The van der Waals surface area contributed by atoms with Gasteiger partial charge in [0.25, 0.3) is 0 Å². The average Bonchev–Trinajstić information content (AvgIpc) is 2.95. The Hall–Kier alpha value is -1.59. The molecule has 5 heteroatoms. The van der Waals surface area contributed by atoms with Crippen LogP contribution in [0.25, 0.3) is 0 Å². The molecule has 0 unspecified atom stereocenters. The molecule has 1 heterocycles. The third-order valence-electron chi connectivity index (χ3n) is 4.14. The molecule has 0 saturated carbocycles. The molecule has 0 bridgehead atoms. The number of hydroxylamine groups is 2. The molecule has 1 aliphatic heterocycles. The zero-order chi connectivity index (χ0) is 17.0. The highest BCUT2D eigenvalue weighted by atomic mass is 16.6. The van der Waals surface area contributed by atoms with E-state index >= 15 is 0 Å². The molecule has 5 nitrogen and oxygen atoms in total. The standard InChI is InChI=1S/C18H28N2O3/c1-14(20(22)13-15-9-6-5-7-10-15)16-11-8-12-19(16)17(21)23-18(2,3)4/h5-7,9-10,14,16,22H,8,11-13H2,1-4H3/t14-,16+/m1/s1. The van der Waals surface area contributed by atoms with E-state index in [9.17, 15) is 10.0 Å². The fourth-order valence-electron chi connectivity index (χ4n) is 2.95. The van der Waals surface area contributed by atoms with Gasteiger partial charge >= 0.3 is 6.09 Å². The van der Waals surface area contributed by atoms with Gasteiger partial charge in [-0.3, -0.25) is 0 Å². The zero-order valence-corrected chi connectivity index (χ0v) is 14.5. The van der Waals surface area contributed by atoms with E-state index in [2.05, 4.69) is 0 Å². The van der Waals surface area contributed by atoms with Crippen LogP contribution in [0.15, 0.2) is 30.3 Å².